The van der Waals surface area contributed by atoms with Crippen molar-refractivity contribution in [1.82, 2.24) is 4.90 Å². The monoisotopic (exact) mass is 283 g/mol. The molecule has 0 unspecified atom stereocenters. The van der Waals surface area contributed by atoms with Crippen LogP contribution in [0.15, 0.2) is 23.1 Å². The molecule has 3 heteroatoms. The van der Waals surface area contributed by atoms with Crippen molar-refractivity contribution in [3.8, 4) is 0 Å². The molecule has 0 radical (unpaired) electrons. The Balaban J connectivity index is 2.04. The number of halogens is 1. The summed E-state index contributed by atoms with van der Waals surface area (Å²) in [5.41, 5.74) is 1.47. The van der Waals surface area contributed by atoms with Gasteiger partial charge in [0.05, 0.1) is 0 Å². The van der Waals surface area contributed by atoms with Gasteiger partial charge in [0.25, 0.3) is 0 Å². The standard InChI is InChI=1S/C13H14FNSe/c1-15-5-4-9(7-15)12-8-16-13-6-10(14)2-3-11(12)13/h2-3,6,8-9H,4-5,7H2,1H3/t9-/m1/s1. The Morgan fingerprint density at radius 3 is 3.06 bits per heavy atom. The molecule has 2 heterocycles. The Kier molecular flexibility index (Phi) is 2.62. The number of benzene rings is 1. The van der Waals surface area contributed by atoms with Gasteiger partial charge in [0.15, 0.2) is 0 Å². The summed E-state index contributed by atoms with van der Waals surface area (Å²) < 4.78 is 14.3. The van der Waals surface area contributed by atoms with E-state index in [0.29, 0.717) is 20.4 Å². The van der Waals surface area contributed by atoms with Crippen LogP contribution in [0.25, 0.3) is 9.65 Å². The summed E-state index contributed by atoms with van der Waals surface area (Å²) in [5, 5.41) is 1.31. The molecule has 0 bridgehead atoms. The van der Waals surface area contributed by atoms with E-state index in [2.05, 4.69) is 16.9 Å². The average Bonchev–Trinajstić information content (AvgIpc) is 2.83. The predicted molar refractivity (Wildman–Crippen MR) is 65.7 cm³/mol. The molecule has 0 amide bonds. The Morgan fingerprint density at radius 1 is 1.44 bits per heavy atom. The van der Waals surface area contributed by atoms with E-state index in [0.717, 1.165) is 6.54 Å². The number of rotatable bonds is 1. The molecule has 1 aliphatic heterocycles. The minimum absolute atomic E-state index is 0.0983. The van der Waals surface area contributed by atoms with Crippen molar-refractivity contribution in [2.45, 2.75) is 12.3 Å². The van der Waals surface area contributed by atoms with E-state index < -0.39 is 0 Å². The molecule has 0 aliphatic carbocycles. The third kappa shape index (κ3) is 1.73. The first-order chi connectivity index (χ1) is 7.74. The molecular formula is C13H14FNSe. The van der Waals surface area contributed by atoms with Crippen molar-refractivity contribution in [3.63, 3.8) is 0 Å². The first-order valence-corrected chi connectivity index (χ1v) is 7.44. The minimum atomic E-state index is -0.0983. The predicted octanol–water partition coefficient (Wildman–Crippen LogP) is 2.46. The van der Waals surface area contributed by atoms with Crippen LogP contribution in [0.3, 0.4) is 0 Å². The van der Waals surface area contributed by atoms with Crippen LogP contribution in [0.2, 0.25) is 0 Å². The summed E-state index contributed by atoms with van der Waals surface area (Å²) in [6.45, 7) is 2.34. The van der Waals surface area contributed by atoms with Gasteiger partial charge >= 0.3 is 100 Å². The van der Waals surface area contributed by atoms with Gasteiger partial charge in [0, 0.05) is 0 Å². The van der Waals surface area contributed by atoms with Crippen LogP contribution < -0.4 is 0 Å². The van der Waals surface area contributed by atoms with E-state index in [1.165, 1.54) is 28.2 Å². The summed E-state index contributed by atoms with van der Waals surface area (Å²) >= 11 is 0.341. The zero-order valence-electron chi connectivity index (χ0n) is 9.24. The molecule has 1 atom stereocenters. The van der Waals surface area contributed by atoms with Gasteiger partial charge in [0.2, 0.25) is 0 Å². The molecule has 1 fully saturated rings. The third-order valence-corrected chi connectivity index (χ3v) is 5.42. The zero-order chi connectivity index (χ0) is 11.1. The van der Waals surface area contributed by atoms with E-state index in [1.807, 2.05) is 6.07 Å². The Morgan fingerprint density at radius 2 is 2.31 bits per heavy atom. The van der Waals surface area contributed by atoms with Gasteiger partial charge in [-0.15, -0.1) is 0 Å². The van der Waals surface area contributed by atoms with Crippen molar-refractivity contribution >= 4 is 24.1 Å². The Labute approximate surface area is 101 Å². The zero-order valence-corrected chi connectivity index (χ0v) is 11.0. The number of fused-ring (bicyclic) bond motifs is 1. The SMILES string of the molecule is CN1CC[C@@H](c2c[se]c3cc(F)ccc23)C1. The van der Waals surface area contributed by atoms with Gasteiger partial charge in [-0.2, -0.15) is 0 Å². The van der Waals surface area contributed by atoms with E-state index >= 15 is 0 Å². The number of hydrogen-bond acceptors (Lipinski definition) is 1. The molecule has 0 N–H and O–H groups in total. The average molecular weight is 282 g/mol. The van der Waals surface area contributed by atoms with Crippen molar-refractivity contribution in [3.05, 3.63) is 34.5 Å². The van der Waals surface area contributed by atoms with Crippen LogP contribution in [0.4, 0.5) is 4.39 Å². The molecule has 1 nitrogen and oxygen atoms in total. The van der Waals surface area contributed by atoms with Crippen LogP contribution in [0.1, 0.15) is 17.9 Å². The molecule has 0 spiro atoms. The molecule has 84 valence electrons. The van der Waals surface area contributed by atoms with E-state index in [9.17, 15) is 4.39 Å². The Bertz CT molecular complexity index is 520. The maximum atomic E-state index is 13.1. The molecule has 2 aromatic rings. The van der Waals surface area contributed by atoms with Crippen molar-refractivity contribution in [1.29, 1.82) is 0 Å². The quantitative estimate of drug-likeness (QED) is 0.726. The number of likely N-dealkylation sites (tertiary alicyclic amines) is 1. The molecule has 16 heavy (non-hydrogen) atoms. The van der Waals surface area contributed by atoms with Gasteiger partial charge in [0.1, 0.15) is 0 Å². The molecule has 1 aromatic heterocycles. The molecule has 1 saturated heterocycles. The summed E-state index contributed by atoms with van der Waals surface area (Å²) in [6, 6.07) is 5.26. The van der Waals surface area contributed by atoms with Crippen LogP contribution in [0.5, 0.6) is 0 Å². The number of nitrogens with zero attached hydrogens (tertiary/aromatic N) is 1. The first-order valence-electron chi connectivity index (χ1n) is 5.59. The second kappa shape index (κ2) is 3.99. The Hall–Kier alpha value is -0.631. The van der Waals surface area contributed by atoms with Crippen LogP contribution in [0, 0.1) is 5.82 Å². The van der Waals surface area contributed by atoms with Crippen molar-refractivity contribution < 1.29 is 4.39 Å². The number of hydrogen-bond donors (Lipinski definition) is 0. The van der Waals surface area contributed by atoms with E-state index in [1.54, 1.807) is 12.1 Å². The number of likely N-dealkylation sites (N-methyl/N-ethyl adjacent to an activating group) is 1. The summed E-state index contributed by atoms with van der Waals surface area (Å²) in [6.07, 6.45) is 1.25. The molecular weight excluding hydrogens is 268 g/mol. The second-order valence-electron chi connectivity index (χ2n) is 4.58. The maximum absolute atomic E-state index is 13.1. The summed E-state index contributed by atoms with van der Waals surface area (Å²) in [5.74, 6) is 0.567. The van der Waals surface area contributed by atoms with E-state index in [4.69, 9.17) is 0 Å². The molecule has 1 aromatic carbocycles. The topological polar surface area (TPSA) is 3.24 Å². The molecule has 0 saturated carbocycles. The van der Waals surface area contributed by atoms with Gasteiger partial charge in [-0.25, -0.2) is 0 Å². The third-order valence-electron chi connectivity index (χ3n) is 3.40. The van der Waals surface area contributed by atoms with Gasteiger partial charge in [-0.3, -0.25) is 0 Å². The summed E-state index contributed by atoms with van der Waals surface area (Å²) in [7, 11) is 2.17. The fraction of sp³-hybridized carbons (Fsp3) is 0.385. The van der Waals surface area contributed by atoms with E-state index in [-0.39, 0.29) is 5.82 Å². The van der Waals surface area contributed by atoms with Gasteiger partial charge < -0.3 is 0 Å². The van der Waals surface area contributed by atoms with Gasteiger partial charge in [-0.05, 0) is 0 Å². The summed E-state index contributed by atoms with van der Waals surface area (Å²) in [4.78, 5) is 4.72. The van der Waals surface area contributed by atoms with Crippen molar-refractivity contribution in [2.24, 2.45) is 0 Å². The van der Waals surface area contributed by atoms with Crippen LogP contribution in [-0.4, -0.2) is 39.5 Å². The second-order valence-corrected chi connectivity index (χ2v) is 6.49. The van der Waals surface area contributed by atoms with Crippen LogP contribution >= 0.6 is 0 Å². The van der Waals surface area contributed by atoms with Crippen LogP contribution in [-0.2, 0) is 0 Å². The van der Waals surface area contributed by atoms with Crippen molar-refractivity contribution in [2.75, 3.05) is 20.1 Å². The first kappa shape index (κ1) is 10.5. The fourth-order valence-corrected chi connectivity index (χ4v) is 4.77. The molecule has 1 aliphatic rings. The van der Waals surface area contributed by atoms with Gasteiger partial charge in [-0.1, -0.05) is 0 Å². The fourth-order valence-electron chi connectivity index (χ4n) is 2.53. The molecule has 3 rings (SSSR count). The normalized spacial score (nSPS) is 22.0.